The highest BCUT2D eigenvalue weighted by Gasteiger charge is 2.12. The van der Waals surface area contributed by atoms with Crippen molar-refractivity contribution in [3.63, 3.8) is 0 Å². The first kappa shape index (κ1) is 13.2. The molecule has 0 atom stereocenters. The summed E-state index contributed by atoms with van der Waals surface area (Å²) in [5.41, 5.74) is -0.168. The predicted octanol–water partition coefficient (Wildman–Crippen LogP) is 2.06. The Balaban J connectivity index is 2.63. The summed E-state index contributed by atoms with van der Waals surface area (Å²) < 4.78 is 27.9. The second kappa shape index (κ2) is 6.00. The summed E-state index contributed by atoms with van der Waals surface area (Å²) in [6.45, 7) is -1.35. The normalized spacial score (nSPS) is 10.5. The monoisotopic (exact) mass is 245 g/mol. The molecule has 17 heavy (non-hydrogen) atoms. The highest BCUT2D eigenvalue weighted by Crippen LogP contribution is 2.13. The van der Waals surface area contributed by atoms with E-state index in [9.17, 15) is 23.7 Å². The van der Waals surface area contributed by atoms with Crippen LogP contribution in [-0.4, -0.2) is 30.3 Å². The van der Waals surface area contributed by atoms with Crippen LogP contribution in [0.2, 0.25) is 0 Å². The third-order valence-electron chi connectivity index (χ3n) is 1.86. The molecule has 1 aromatic rings. The van der Waals surface area contributed by atoms with Crippen LogP contribution in [-0.2, 0) is 4.74 Å². The van der Waals surface area contributed by atoms with Gasteiger partial charge in [0.05, 0.1) is 4.92 Å². The number of Topliss-reactive ketones (excluding diaryl/α,β-unsaturated/α-hetero) is 1. The molecule has 0 fully saturated rings. The van der Waals surface area contributed by atoms with Crippen molar-refractivity contribution in [1.82, 2.24) is 0 Å². The number of nitrogens with zero attached hydrogens (tertiary/aromatic N) is 1. The second-order valence-corrected chi connectivity index (χ2v) is 3.14. The summed E-state index contributed by atoms with van der Waals surface area (Å²) in [5, 5.41) is 10.4. The number of carbonyl (C=O) groups excluding carboxylic acids is 1. The Labute approximate surface area is 95.2 Å². The lowest BCUT2D eigenvalue weighted by molar-refractivity contribution is -0.384. The molecule has 0 aliphatic carbocycles. The number of nitro groups is 1. The standard InChI is InChI=1S/C10H9F2NO4/c11-10(12)6-17-5-9(14)7-2-1-3-8(4-7)13(15)16/h1-4,10H,5-6H2. The van der Waals surface area contributed by atoms with Gasteiger partial charge in [-0.1, -0.05) is 12.1 Å². The van der Waals surface area contributed by atoms with E-state index >= 15 is 0 Å². The summed E-state index contributed by atoms with van der Waals surface area (Å²) in [4.78, 5) is 21.2. The second-order valence-electron chi connectivity index (χ2n) is 3.14. The average Bonchev–Trinajstić information content (AvgIpc) is 2.28. The molecule has 5 nitrogen and oxygen atoms in total. The van der Waals surface area contributed by atoms with Gasteiger partial charge < -0.3 is 4.74 Å². The molecular formula is C10H9F2NO4. The molecule has 0 aromatic heterocycles. The molecule has 0 N–H and O–H groups in total. The van der Waals surface area contributed by atoms with Gasteiger partial charge in [-0.15, -0.1) is 0 Å². The van der Waals surface area contributed by atoms with Crippen molar-refractivity contribution in [3.8, 4) is 0 Å². The summed E-state index contributed by atoms with van der Waals surface area (Å²) >= 11 is 0. The van der Waals surface area contributed by atoms with E-state index in [0.29, 0.717) is 0 Å². The third kappa shape index (κ3) is 4.23. The number of nitro benzene ring substituents is 1. The Morgan fingerprint density at radius 3 is 2.76 bits per heavy atom. The van der Waals surface area contributed by atoms with E-state index in [1.54, 1.807) is 0 Å². The van der Waals surface area contributed by atoms with E-state index in [1.807, 2.05) is 0 Å². The number of hydrogen-bond acceptors (Lipinski definition) is 4. The van der Waals surface area contributed by atoms with Gasteiger partial charge in [0.15, 0.2) is 5.78 Å². The number of rotatable bonds is 6. The van der Waals surface area contributed by atoms with Crippen molar-refractivity contribution >= 4 is 11.5 Å². The zero-order chi connectivity index (χ0) is 12.8. The van der Waals surface area contributed by atoms with Crippen LogP contribution in [0.3, 0.4) is 0 Å². The Bertz CT molecular complexity index is 423. The number of alkyl halides is 2. The fraction of sp³-hybridized carbons (Fsp3) is 0.300. The van der Waals surface area contributed by atoms with Gasteiger partial charge in [-0.05, 0) is 0 Å². The van der Waals surface area contributed by atoms with Crippen LogP contribution in [0.4, 0.5) is 14.5 Å². The zero-order valence-corrected chi connectivity index (χ0v) is 8.64. The van der Waals surface area contributed by atoms with Crippen molar-refractivity contribution in [2.45, 2.75) is 6.43 Å². The SMILES string of the molecule is O=C(COCC(F)F)c1cccc([N+](=O)[O-])c1. The first-order chi connectivity index (χ1) is 8.00. The largest absolute Gasteiger partial charge is 0.367 e. The number of ether oxygens (including phenoxy) is 1. The highest BCUT2D eigenvalue weighted by molar-refractivity contribution is 5.97. The van der Waals surface area contributed by atoms with Crippen LogP contribution in [0.15, 0.2) is 24.3 Å². The molecule has 0 saturated heterocycles. The van der Waals surface area contributed by atoms with E-state index in [-0.39, 0.29) is 11.3 Å². The minimum absolute atomic E-state index is 0.0634. The summed E-state index contributed by atoms with van der Waals surface area (Å²) in [6.07, 6.45) is -2.65. The van der Waals surface area contributed by atoms with Gasteiger partial charge in [0.2, 0.25) is 0 Å². The average molecular weight is 245 g/mol. The quantitative estimate of drug-likeness (QED) is 0.437. The smallest absolute Gasteiger partial charge is 0.270 e. The molecule has 0 spiro atoms. The fourth-order valence-corrected chi connectivity index (χ4v) is 1.12. The zero-order valence-electron chi connectivity index (χ0n) is 8.64. The van der Waals surface area contributed by atoms with E-state index in [1.165, 1.54) is 18.2 Å². The van der Waals surface area contributed by atoms with Gasteiger partial charge in [-0.2, -0.15) is 0 Å². The molecule has 0 bridgehead atoms. The Hall–Kier alpha value is -1.89. The number of carbonyl (C=O) groups is 1. The summed E-state index contributed by atoms with van der Waals surface area (Å²) in [7, 11) is 0. The molecule has 0 heterocycles. The molecule has 0 aliphatic rings. The number of non-ortho nitro benzene ring substituents is 1. The highest BCUT2D eigenvalue weighted by atomic mass is 19.3. The predicted molar refractivity (Wildman–Crippen MR) is 54.2 cm³/mol. The van der Waals surface area contributed by atoms with Crippen molar-refractivity contribution in [1.29, 1.82) is 0 Å². The van der Waals surface area contributed by atoms with E-state index in [4.69, 9.17) is 0 Å². The summed E-state index contributed by atoms with van der Waals surface area (Å²) in [5.74, 6) is -0.575. The van der Waals surface area contributed by atoms with Gasteiger partial charge in [0.25, 0.3) is 12.1 Å². The fourth-order valence-electron chi connectivity index (χ4n) is 1.12. The molecule has 0 radical (unpaired) electrons. The number of hydrogen-bond donors (Lipinski definition) is 0. The number of halogens is 2. The lowest BCUT2D eigenvalue weighted by Crippen LogP contribution is -2.13. The molecule has 0 unspecified atom stereocenters. The Morgan fingerprint density at radius 1 is 1.47 bits per heavy atom. The lowest BCUT2D eigenvalue weighted by Gasteiger charge is -2.02. The van der Waals surface area contributed by atoms with E-state index in [2.05, 4.69) is 4.74 Å². The lowest BCUT2D eigenvalue weighted by atomic mass is 10.1. The van der Waals surface area contributed by atoms with Crippen LogP contribution in [0.1, 0.15) is 10.4 Å². The van der Waals surface area contributed by atoms with Gasteiger partial charge >= 0.3 is 0 Å². The first-order valence-corrected chi connectivity index (χ1v) is 4.64. The molecule has 0 amide bonds. The molecular weight excluding hydrogens is 236 g/mol. The molecule has 0 aliphatic heterocycles. The Kier molecular flexibility index (Phi) is 4.65. The van der Waals surface area contributed by atoms with Gasteiger partial charge in [0, 0.05) is 17.7 Å². The van der Waals surface area contributed by atoms with Crippen molar-refractivity contribution in [3.05, 3.63) is 39.9 Å². The van der Waals surface area contributed by atoms with Crippen molar-refractivity contribution in [2.75, 3.05) is 13.2 Å². The molecule has 1 aromatic carbocycles. The van der Waals surface area contributed by atoms with Crippen molar-refractivity contribution < 1.29 is 23.2 Å². The van der Waals surface area contributed by atoms with E-state index < -0.39 is 30.3 Å². The maximum atomic E-state index is 11.7. The summed E-state index contributed by atoms with van der Waals surface area (Å²) in [6, 6.07) is 5.02. The molecule has 0 saturated carbocycles. The first-order valence-electron chi connectivity index (χ1n) is 4.64. The maximum absolute atomic E-state index is 11.7. The third-order valence-corrected chi connectivity index (χ3v) is 1.86. The van der Waals surface area contributed by atoms with Crippen molar-refractivity contribution in [2.24, 2.45) is 0 Å². The molecule has 92 valence electrons. The van der Waals surface area contributed by atoms with Gasteiger partial charge in [0.1, 0.15) is 13.2 Å². The number of ketones is 1. The van der Waals surface area contributed by atoms with Crippen LogP contribution in [0.5, 0.6) is 0 Å². The van der Waals surface area contributed by atoms with Crippen LogP contribution in [0.25, 0.3) is 0 Å². The maximum Gasteiger partial charge on any atom is 0.270 e. The topological polar surface area (TPSA) is 69.4 Å². The van der Waals surface area contributed by atoms with Gasteiger partial charge in [-0.3, -0.25) is 14.9 Å². The minimum Gasteiger partial charge on any atom is -0.367 e. The number of benzene rings is 1. The van der Waals surface area contributed by atoms with Crippen LogP contribution < -0.4 is 0 Å². The van der Waals surface area contributed by atoms with Crippen LogP contribution in [0, 0.1) is 10.1 Å². The van der Waals surface area contributed by atoms with E-state index in [0.717, 1.165) is 6.07 Å². The Morgan fingerprint density at radius 2 is 2.18 bits per heavy atom. The molecule has 1 rings (SSSR count). The minimum atomic E-state index is -2.65. The molecule has 7 heteroatoms. The van der Waals surface area contributed by atoms with Gasteiger partial charge in [-0.25, -0.2) is 8.78 Å². The van der Waals surface area contributed by atoms with Crippen LogP contribution >= 0.6 is 0 Å².